The van der Waals surface area contributed by atoms with Gasteiger partial charge in [0.15, 0.2) is 0 Å². The summed E-state index contributed by atoms with van der Waals surface area (Å²) in [6.45, 7) is 8.42. The molecule has 0 saturated heterocycles. The van der Waals surface area contributed by atoms with E-state index in [9.17, 15) is 9.59 Å². The number of hydrogen-bond donors (Lipinski definition) is 3. The summed E-state index contributed by atoms with van der Waals surface area (Å²) in [6.07, 6.45) is 8.27. The molecule has 0 radical (unpaired) electrons. The van der Waals surface area contributed by atoms with Crippen LogP contribution in [0.5, 0.6) is 0 Å². The number of nitrogens with zero attached hydrogens (tertiary/aromatic N) is 1. The predicted octanol–water partition coefficient (Wildman–Crippen LogP) is 5.26. The lowest BCUT2D eigenvalue weighted by Gasteiger charge is -2.39. The van der Waals surface area contributed by atoms with Crippen LogP contribution in [-0.4, -0.2) is 38.4 Å². The van der Waals surface area contributed by atoms with Gasteiger partial charge in [0.05, 0.1) is 25.6 Å². The molecular weight excluding hydrogens is 456 g/mol. The first kappa shape index (κ1) is 26.7. The third kappa shape index (κ3) is 6.81. The zero-order valence-electron chi connectivity index (χ0n) is 20.7. The van der Waals surface area contributed by atoms with Crippen molar-refractivity contribution in [3.63, 3.8) is 0 Å². The van der Waals surface area contributed by atoms with Crippen molar-refractivity contribution in [1.29, 1.82) is 0 Å². The van der Waals surface area contributed by atoms with Crippen LogP contribution in [0.2, 0.25) is 0 Å². The van der Waals surface area contributed by atoms with Crippen LogP contribution in [0, 0.1) is 0 Å². The molecule has 2 aromatic rings. The van der Waals surface area contributed by atoms with Gasteiger partial charge in [0, 0.05) is 16.8 Å². The van der Waals surface area contributed by atoms with Crippen molar-refractivity contribution in [3.8, 4) is 0 Å². The number of ether oxygens (including phenoxy) is 2. The molecule has 3 rings (SSSR count). The minimum Gasteiger partial charge on any atom is -0.500 e. The lowest BCUT2D eigenvalue weighted by Crippen LogP contribution is -2.38. The van der Waals surface area contributed by atoms with Crippen LogP contribution in [0.15, 0.2) is 74.2 Å². The molecule has 0 heterocycles. The van der Waals surface area contributed by atoms with Crippen LogP contribution in [0.4, 0.5) is 21.0 Å². The molecule has 0 atom stereocenters. The lowest BCUT2D eigenvalue weighted by atomic mass is 9.65. The first-order valence-electron chi connectivity index (χ1n) is 12.3. The molecule has 8 nitrogen and oxygen atoms in total. The number of nitrogens with one attached hydrogen (secondary N) is 2. The van der Waals surface area contributed by atoms with E-state index in [1.807, 2.05) is 24.3 Å². The molecule has 0 bridgehead atoms. The van der Waals surface area contributed by atoms with Gasteiger partial charge in [0.25, 0.3) is 0 Å². The molecule has 0 aromatic heterocycles. The molecule has 0 unspecified atom stereocenters. The highest BCUT2D eigenvalue weighted by Gasteiger charge is 2.35. The highest BCUT2D eigenvalue weighted by atomic mass is 16.5. The number of nitrogens with two attached hydrogens (primary N) is 1. The van der Waals surface area contributed by atoms with Crippen molar-refractivity contribution in [2.45, 2.75) is 37.5 Å². The fourth-order valence-corrected chi connectivity index (χ4v) is 4.81. The van der Waals surface area contributed by atoms with Gasteiger partial charge in [-0.25, -0.2) is 9.59 Å². The topological polar surface area (TPSA) is 106 Å². The standard InChI is InChI=1S/C28H36N4O4/c1-3-35-20-18-30-27(34)31-24-12-8-22(9-13-24)28(16-6-5-7-17-28)23-10-14-25(15-11-23)32(26(29)33)19-21-36-4-2/h3-4,8-15H,1-2,5-7,16-21H2,(H2,29,33)(H2,30,31,34). The Bertz CT molecular complexity index is 1010. The number of carbonyl (C=O) groups excluding carboxylic acids is 2. The molecule has 1 aliphatic carbocycles. The minimum atomic E-state index is -0.525. The van der Waals surface area contributed by atoms with E-state index in [0.29, 0.717) is 26.3 Å². The van der Waals surface area contributed by atoms with Gasteiger partial charge in [-0.05, 0) is 48.2 Å². The van der Waals surface area contributed by atoms with Crippen molar-refractivity contribution in [1.82, 2.24) is 5.32 Å². The Labute approximate surface area is 213 Å². The third-order valence-electron chi connectivity index (χ3n) is 6.57. The molecule has 0 spiro atoms. The maximum Gasteiger partial charge on any atom is 0.319 e. The summed E-state index contributed by atoms with van der Waals surface area (Å²) >= 11 is 0. The first-order valence-corrected chi connectivity index (χ1v) is 12.3. The highest BCUT2D eigenvalue weighted by Crippen LogP contribution is 2.45. The van der Waals surface area contributed by atoms with Gasteiger partial charge >= 0.3 is 12.1 Å². The molecule has 8 heteroatoms. The quantitative estimate of drug-likeness (QED) is 0.277. The summed E-state index contributed by atoms with van der Waals surface area (Å²) in [7, 11) is 0. The van der Waals surface area contributed by atoms with Crippen LogP contribution < -0.4 is 21.3 Å². The molecule has 2 aromatic carbocycles. The highest BCUT2D eigenvalue weighted by molar-refractivity contribution is 5.90. The number of urea groups is 2. The van der Waals surface area contributed by atoms with Crippen LogP contribution in [0.25, 0.3) is 0 Å². The van der Waals surface area contributed by atoms with Gasteiger partial charge in [-0.1, -0.05) is 56.7 Å². The fraction of sp³-hybridized carbons (Fsp3) is 0.357. The minimum absolute atomic E-state index is 0.122. The summed E-state index contributed by atoms with van der Waals surface area (Å²) < 4.78 is 10.2. The van der Waals surface area contributed by atoms with E-state index in [0.717, 1.165) is 37.1 Å². The molecule has 0 aliphatic heterocycles. The largest absolute Gasteiger partial charge is 0.500 e. The Morgan fingerprint density at radius 2 is 1.50 bits per heavy atom. The van der Waals surface area contributed by atoms with Crippen LogP contribution in [0.3, 0.4) is 0 Å². The van der Waals surface area contributed by atoms with Crippen molar-refractivity contribution >= 4 is 23.4 Å². The van der Waals surface area contributed by atoms with Gasteiger partial charge in [0.1, 0.15) is 13.2 Å². The van der Waals surface area contributed by atoms with Crippen LogP contribution in [0.1, 0.15) is 43.2 Å². The van der Waals surface area contributed by atoms with E-state index in [1.54, 1.807) is 0 Å². The predicted molar refractivity (Wildman–Crippen MR) is 143 cm³/mol. The molecule has 1 aliphatic rings. The molecule has 1 saturated carbocycles. The first-order chi connectivity index (χ1) is 17.5. The van der Waals surface area contributed by atoms with Gasteiger partial charge < -0.3 is 25.8 Å². The van der Waals surface area contributed by atoms with E-state index in [-0.39, 0.29) is 11.4 Å². The maximum atomic E-state index is 12.1. The number of benzene rings is 2. The van der Waals surface area contributed by atoms with Crippen molar-refractivity contribution in [2.24, 2.45) is 5.73 Å². The molecule has 4 amide bonds. The average Bonchev–Trinajstić information content (AvgIpc) is 2.90. The van der Waals surface area contributed by atoms with Gasteiger partial charge in [-0.15, -0.1) is 0 Å². The van der Waals surface area contributed by atoms with Crippen LogP contribution >= 0.6 is 0 Å². The number of carbonyl (C=O) groups is 2. The summed E-state index contributed by atoms with van der Waals surface area (Å²) in [5.41, 5.74) is 9.35. The molecular formula is C28H36N4O4. The number of primary amides is 1. The van der Waals surface area contributed by atoms with Crippen molar-refractivity contribution in [3.05, 3.63) is 85.3 Å². The normalized spacial score (nSPS) is 14.2. The third-order valence-corrected chi connectivity index (χ3v) is 6.57. The SMILES string of the molecule is C=COCCNC(=O)Nc1ccc(C2(c3ccc(N(CCOC=C)C(N)=O)cc3)CCCCC2)cc1. The van der Waals surface area contributed by atoms with E-state index in [1.165, 1.54) is 35.0 Å². The number of rotatable bonds is 12. The number of amides is 4. The molecule has 36 heavy (non-hydrogen) atoms. The second kappa shape index (κ2) is 13.2. The Morgan fingerprint density at radius 1 is 0.917 bits per heavy atom. The van der Waals surface area contributed by atoms with Crippen LogP contribution in [-0.2, 0) is 14.9 Å². The summed E-state index contributed by atoms with van der Waals surface area (Å²) in [5.74, 6) is 0. The Hall–Kier alpha value is -3.94. The van der Waals surface area contributed by atoms with Gasteiger partial charge in [-0.3, -0.25) is 4.90 Å². The Kier molecular flexibility index (Phi) is 9.80. The van der Waals surface area contributed by atoms with Gasteiger partial charge in [-0.2, -0.15) is 0 Å². The fourth-order valence-electron chi connectivity index (χ4n) is 4.81. The second-order valence-electron chi connectivity index (χ2n) is 8.71. The summed E-state index contributed by atoms with van der Waals surface area (Å²) in [5, 5.41) is 5.60. The van der Waals surface area contributed by atoms with E-state index < -0.39 is 6.03 Å². The van der Waals surface area contributed by atoms with E-state index in [2.05, 4.69) is 48.1 Å². The smallest absolute Gasteiger partial charge is 0.319 e. The average molecular weight is 493 g/mol. The zero-order chi connectivity index (χ0) is 25.8. The van der Waals surface area contributed by atoms with E-state index >= 15 is 0 Å². The second-order valence-corrected chi connectivity index (χ2v) is 8.71. The molecule has 4 N–H and O–H groups in total. The monoisotopic (exact) mass is 492 g/mol. The van der Waals surface area contributed by atoms with Crippen molar-refractivity contribution < 1.29 is 19.1 Å². The van der Waals surface area contributed by atoms with E-state index in [4.69, 9.17) is 15.2 Å². The van der Waals surface area contributed by atoms with Gasteiger partial charge in [0.2, 0.25) is 0 Å². The summed E-state index contributed by atoms with van der Waals surface area (Å²) in [6, 6.07) is 15.3. The number of anilines is 2. The zero-order valence-corrected chi connectivity index (χ0v) is 20.7. The Morgan fingerprint density at radius 3 is 2.08 bits per heavy atom. The summed E-state index contributed by atoms with van der Waals surface area (Å²) in [4.78, 5) is 25.6. The molecule has 192 valence electrons. The molecule has 1 fully saturated rings. The van der Waals surface area contributed by atoms with Crippen molar-refractivity contribution in [2.75, 3.05) is 36.5 Å². The Balaban J connectivity index is 1.77. The maximum absolute atomic E-state index is 12.1. The number of hydrogen-bond acceptors (Lipinski definition) is 4. The lowest BCUT2D eigenvalue weighted by molar-refractivity contribution is 0.234.